The van der Waals surface area contributed by atoms with Crippen molar-refractivity contribution in [1.29, 1.82) is 0 Å². The zero-order valence-corrected chi connectivity index (χ0v) is 9.56. The first kappa shape index (κ1) is 10.7. The van der Waals surface area contributed by atoms with E-state index in [9.17, 15) is 0 Å². The molecule has 0 aromatic heterocycles. The summed E-state index contributed by atoms with van der Waals surface area (Å²) in [4.78, 5) is 4.37. The van der Waals surface area contributed by atoms with Crippen LogP contribution in [-0.4, -0.2) is 19.9 Å². The molecular formula is C13H15NO2. The van der Waals surface area contributed by atoms with Gasteiger partial charge in [0.2, 0.25) is 0 Å². The quantitative estimate of drug-likeness (QED) is 0.779. The molecule has 0 unspecified atom stereocenters. The Labute approximate surface area is 95.4 Å². The van der Waals surface area contributed by atoms with Crippen molar-refractivity contribution >= 4 is 5.71 Å². The number of methoxy groups -OCH3 is 2. The van der Waals surface area contributed by atoms with Crippen LogP contribution in [0.15, 0.2) is 35.5 Å². The van der Waals surface area contributed by atoms with Gasteiger partial charge in [-0.15, -0.1) is 0 Å². The Morgan fingerprint density at radius 2 is 1.94 bits per heavy atom. The number of aliphatic imine (C=N–C) groups is 1. The first-order chi connectivity index (χ1) is 7.85. The van der Waals surface area contributed by atoms with E-state index in [1.165, 1.54) is 0 Å². The van der Waals surface area contributed by atoms with Gasteiger partial charge in [0.15, 0.2) is 11.5 Å². The number of benzene rings is 1. The van der Waals surface area contributed by atoms with Crippen LogP contribution < -0.4 is 9.47 Å². The van der Waals surface area contributed by atoms with Crippen LogP contribution >= 0.6 is 0 Å². The van der Waals surface area contributed by atoms with E-state index in [-0.39, 0.29) is 0 Å². The standard InChI is InChI=1S/C13H15NO2/c1-15-12-7-6-10(9-13(12)16-2)11-5-3-4-8-14-11/h4,6-9H,3,5H2,1-2H3. The summed E-state index contributed by atoms with van der Waals surface area (Å²) in [5.74, 6) is 1.50. The van der Waals surface area contributed by atoms with E-state index in [4.69, 9.17) is 9.47 Å². The first-order valence-corrected chi connectivity index (χ1v) is 5.29. The SMILES string of the molecule is COc1ccc(C2=NC=CCC2)cc1OC. The van der Waals surface area contributed by atoms with Crippen LogP contribution in [0, 0.1) is 0 Å². The number of ether oxygens (including phenoxy) is 2. The molecule has 0 saturated heterocycles. The summed E-state index contributed by atoms with van der Waals surface area (Å²) in [6, 6.07) is 5.89. The second kappa shape index (κ2) is 4.84. The van der Waals surface area contributed by atoms with Crippen LogP contribution in [0.2, 0.25) is 0 Å². The summed E-state index contributed by atoms with van der Waals surface area (Å²) >= 11 is 0. The average Bonchev–Trinajstić information content (AvgIpc) is 2.39. The molecule has 3 nitrogen and oxygen atoms in total. The zero-order chi connectivity index (χ0) is 11.4. The van der Waals surface area contributed by atoms with Crippen molar-refractivity contribution < 1.29 is 9.47 Å². The second-order valence-corrected chi connectivity index (χ2v) is 3.57. The Balaban J connectivity index is 2.35. The molecule has 1 aromatic rings. The lowest BCUT2D eigenvalue weighted by Gasteiger charge is -2.12. The summed E-state index contributed by atoms with van der Waals surface area (Å²) in [6.07, 6.45) is 5.96. The Bertz CT molecular complexity index is 436. The molecule has 16 heavy (non-hydrogen) atoms. The van der Waals surface area contributed by atoms with Crippen molar-refractivity contribution in [3.63, 3.8) is 0 Å². The lowest BCUT2D eigenvalue weighted by molar-refractivity contribution is 0.355. The average molecular weight is 217 g/mol. The molecule has 0 N–H and O–H groups in total. The number of hydrogen-bond donors (Lipinski definition) is 0. The highest BCUT2D eigenvalue weighted by atomic mass is 16.5. The molecule has 84 valence electrons. The molecule has 0 atom stereocenters. The topological polar surface area (TPSA) is 30.8 Å². The maximum atomic E-state index is 5.27. The van der Waals surface area contributed by atoms with E-state index in [1.54, 1.807) is 14.2 Å². The molecule has 0 bridgehead atoms. The molecule has 0 aliphatic carbocycles. The fourth-order valence-electron chi connectivity index (χ4n) is 1.74. The predicted octanol–water partition coefficient (Wildman–Crippen LogP) is 2.80. The lowest BCUT2D eigenvalue weighted by Crippen LogP contribution is -2.03. The third-order valence-electron chi connectivity index (χ3n) is 2.60. The van der Waals surface area contributed by atoms with E-state index in [0.717, 1.165) is 35.6 Å². The molecule has 0 saturated carbocycles. The van der Waals surface area contributed by atoms with Gasteiger partial charge in [-0.2, -0.15) is 0 Å². The van der Waals surface area contributed by atoms with Crippen LogP contribution in [0.4, 0.5) is 0 Å². The monoisotopic (exact) mass is 217 g/mol. The molecule has 0 radical (unpaired) electrons. The molecule has 2 rings (SSSR count). The fourth-order valence-corrected chi connectivity index (χ4v) is 1.74. The third-order valence-corrected chi connectivity index (χ3v) is 2.60. The van der Waals surface area contributed by atoms with E-state index in [2.05, 4.69) is 11.1 Å². The zero-order valence-electron chi connectivity index (χ0n) is 9.56. The second-order valence-electron chi connectivity index (χ2n) is 3.57. The Morgan fingerprint density at radius 3 is 2.56 bits per heavy atom. The molecule has 1 aromatic carbocycles. The van der Waals surface area contributed by atoms with Crippen LogP contribution in [0.5, 0.6) is 11.5 Å². The molecule has 0 spiro atoms. The van der Waals surface area contributed by atoms with Gasteiger partial charge in [-0.1, -0.05) is 6.08 Å². The Kier molecular flexibility index (Phi) is 3.25. The largest absolute Gasteiger partial charge is 0.493 e. The molecule has 0 amide bonds. The molecule has 1 heterocycles. The van der Waals surface area contributed by atoms with E-state index in [1.807, 2.05) is 24.4 Å². The van der Waals surface area contributed by atoms with Gasteiger partial charge in [0, 0.05) is 11.9 Å². The molecule has 1 aliphatic rings. The summed E-state index contributed by atoms with van der Waals surface area (Å²) in [6.45, 7) is 0. The number of allylic oxidation sites excluding steroid dienone is 1. The van der Waals surface area contributed by atoms with E-state index in [0.29, 0.717) is 0 Å². The molecule has 0 fully saturated rings. The van der Waals surface area contributed by atoms with Crippen molar-refractivity contribution in [2.45, 2.75) is 12.8 Å². The van der Waals surface area contributed by atoms with Crippen molar-refractivity contribution in [2.24, 2.45) is 4.99 Å². The van der Waals surface area contributed by atoms with Crippen molar-refractivity contribution in [2.75, 3.05) is 14.2 Å². The van der Waals surface area contributed by atoms with Crippen molar-refractivity contribution in [3.05, 3.63) is 36.0 Å². The van der Waals surface area contributed by atoms with Gasteiger partial charge in [-0.3, -0.25) is 4.99 Å². The van der Waals surface area contributed by atoms with Gasteiger partial charge < -0.3 is 9.47 Å². The van der Waals surface area contributed by atoms with Gasteiger partial charge in [0.05, 0.1) is 14.2 Å². The maximum Gasteiger partial charge on any atom is 0.161 e. The van der Waals surface area contributed by atoms with Crippen LogP contribution in [-0.2, 0) is 0 Å². The van der Waals surface area contributed by atoms with Gasteiger partial charge in [-0.25, -0.2) is 0 Å². The molecule has 3 heteroatoms. The highest BCUT2D eigenvalue weighted by Crippen LogP contribution is 2.28. The summed E-state index contributed by atoms with van der Waals surface area (Å²) in [5.41, 5.74) is 2.20. The van der Waals surface area contributed by atoms with E-state index < -0.39 is 0 Å². The predicted molar refractivity (Wildman–Crippen MR) is 64.5 cm³/mol. The number of hydrogen-bond acceptors (Lipinski definition) is 3. The fraction of sp³-hybridized carbons (Fsp3) is 0.308. The van der Waals surface area contributed by atoms with Crippen LogP contribution in [0.25, 0.3) is 0 Å². The minimum Gasteiger partial charge on any atom is -0.493 e. The lowest BCUT2D eigenvalue weighted by atomic mass is 10.0. The minimum atomic E-state index is 0.747. The highest BCUT2D eigenvalue weighted by molar-refractivity contribution is 6.01. The van der Waals surface area contributed by atoms with Gasteiger partial charge in [-0.05, 0) is 36.6 Å². The smallest absolute Gasteiger partial charge is 0.161 e. The number of nitrogens with zero attached hydrogens (tertiary/aromatic N) is 1. The third kappa shape index (κ3) is 2.08. The van der Waals surface area contributed by atoms with Crippen LogP contribution in [0.3, 0.4) is 0 Å². The molecular weight excluding hydrogens is 202 g/mol. The van der Waals surface area contributed by atoms with Crippen molar-refractivity contribution in [3.8, 4) is 11.5 Å². The van der Waals surface area contributed by atoms with Gasteiger partial charge in [0.1, 0.15) is 0 Å². The minimum absolute atomic E-state index is 0.747. The van der Waals surface area contributed by atoms with Gasteiger partial charge in [0.25, 0.3) is 0 Å². The van der Waals surface area contributed by atoms with Crippen molar-refractivity contribution in [1.82, 2.24) is 0 Å². The summed E-state index contributed by atoms with van der Waals surface area (Å²) in [5, 5.41) is 0. The summed E-state index contributed by atoms with van der Waals surface area (Å²) in [7, 11) is 3.28. The number of rotatable bonds is 3. The maximum absolute atomic E-state index is 5.27. The normalized spacial score (nSPS) is 14.5. The van der Waals surface area contributed by atoms with Crippen LogP contribution in [0.1, 0.15) is 18.4 Å². The highest BCUT2D eigenvalue weighted by Gasteiger charge is 2.09. The summed E-state index contributed by atoms with van der Waals surface area (Å²) < 4.78 is 10.5. The Morgan fingerprint density at radius 1 is 1.12 bits per heavy atom. The van der Waals surface area contributed by atoms with E-state index >= 15 is 0 Å². The first-order valence-electron chi connectivity index (χ1n) is 5.29. The van der Waals surface area contributed by atoms with Gasteiger partial charge >= 0.3 is 0 Å². The molecule has 1 aliphatic heterocycles. The Hall–Kier alpha value is -1.77.